The number of amides is 1. The predicted molar refractivity (Wildman–Crippen MR) is 123 cm³/mol. The molecule has 2 aromatic carbocycles. The van der Waals surface area contributed by atoms with Crippen molar-refractivity contribution in [2.45, 2.75) is 32.2 Å². The number of benzene rings is 2. The first kappa shape index (κ1) is 21.4. The second kappa shape index (κ2) is 7.69. The molecule has 0 radical (unpaired) electrons. The van der Waals surface area contributed by atoms with Gasteiger partial charge in [-0.25, -0.2) is 18.1 Å². The minimum Gasteiger partial charge on any atom is -0.434 e. The molecule has 2 aromatic heterocycles. The van der Waals surface area contributed by atoms with E-state index in [0.29, 0.717) is 17.7 Å². The highest BCUT2D eigenvalue weighted by molar-refractivity contribution is 5.98. The van der Waals surface area contributed by atoms with Crippen LogP contribution in [0.1, 0.15) is 45.9 Å². The zero-order valence-corrected chi connectivity index (χ0v) is 19.0. The zero-order chi connectivity index (χ0) is 24.4. The minimum atomic E-state index is -0.738. The lowest BCUT2D eigenvalue weighted by molar-refractivity contribution is 0.0816. The van der Waals surface area contributed by atoms with Crippen molar-refractivity contribution in [3.05, 3.63) is 87.1 Å². The Labute approximate surface area is 198 Å². The van der Waals surface area contributed by atoms with Crippen LogP contribution in [0.3, 0.4) is 0 Å². The molecule has 176 valence electrons. The predicted octanol–water partition coefficient (Wildman–Crippen LogP) is 4.60. The maximum atomic E-state index is 14.4. The quantitative estimate of drug-likeness (QED) is 0.432. The van der Waals surface area contributed by atoms with Crippen LogP contribution < -0.4 is 5.69 Å². The van der Waals surface area contributed by atoms with E-state index in [1.165, 1.54) is 11.5 Å². The molecule has 1 fully saturated rings. The minimum absolute atomic E-state index is 0.0366. The van der Waals surface area contributed by atoms with Crippen LogP contribution >= 0.6 is 0 Å². The summed E-state index contributed by atoms with van der Waals surface area (Å²) in [6.07, 6.45) is 3.55. The highest BCUT2D eigenvalue weighted by atomic mass is 19.1. The normalized spacial score (nSPS) is 15.1. The Hall–Kier alpha value is -4.14. The van der Waals surface area contributed by atoms with Gasteiger partial charge in [-0.15, -0.1) is 0 Å². The number of aromatic nitrogens is 3. The van der Waals surface area contributed by atoms with E-state index in [1.54, 1.807) is 42.4 Å². The van der Waals surface area contributed by atoms with E-state index in [2.05, 4.69) is 9.97 Å². The third-order valence-corrected chi connectivity index (χ3v) is 6.54. The summed E-state index contributed by atoms with van der Waals surface area (Å²) in [7, 11) is 1.72. The SMILES string of the molecule is Cc1c(F)cc(-c2oc(-c3ccc4c(c3)CN(C)C4=O)nc2-n2ccc(C3CC3)nc2=O)cc1F. The number of carbonyl (C=O) groups is 1. The van der Waals surface area contributed by atoms with Gasteiger partial charge in [0.1, 0.15) is 11.6 Å². The van der Waals surface area contributed by atoms with E-state index in [9.17, 15) is 18.4 Å². The van der Waals surface area contributed by atoms with Crippen molar-refractivity contribution < 1.29 is 18.0 Å². The molecule has 0 saturated heterocycles. The van der Waals surface area contributed by atoms with Gasteiger partial charge in [0.25, 0.3) is 5.91 Å². The average molecular weight is 474 g/mol. The fourth-order valence-corrected chi connectivity index (χ4v) is 4.35. The molecule has 0 unspecified atom stereocenters. The summed E-state index contributed by atoms with van der Waals surface area (Å²) in [6, 6.07) is 9.25. The number of halogens is 2. The van der Waals surface area contributed by atoms with Crippen LogP contribution in [-0.2, 0) is 6.54 Å². The number of rotatable bonds is 4. The highest BCUT2D eigenvalue weighted by Crippen LogP contribution is 2.39. The van der Waals surface area contributed by atoms with Gasteiger partial charge >= 0.3 is 5.69 Å². The van der Waals surface area contributed by atoms with Crippen LogP contribution in [0.2, 0.25) is 0 Å². The van der Waals surface area contributed by atoms with Gasteiger partial charge in [0, 0.05) is 48.0 Å². The second-order valence-corrected chi connectivity index (χ2v) is 9.05. The van der Waals surface area contributed by atoms with E-state index in [-0.39, 0.29) is 40.4 Å². The molecule has 0 atom stereocenters. The summed E-state index contributed by atoms with van der Waals surface area (Å²) in [5.41, 5.74) is 2.14. The number of hydrogen-bond donors (Lipinski definition) is 0. The molecule has 1 aliphatic carbocycles. The molecule has 3 heterocycles. The summed E-state index contributed by atoms with van der Waals surface area (Å²) < 4.78 is 36.1. The number of oxazole rings is 1. The van der Waals surface area contributed by atoms with Gasteiger partial charge in [-0.2, -0.15) is 9.97 Å². The Morgan fingerprint density at radius 2 is 1.74 bits per heavy atom. The molecular formula is C26H20F2N4O3. The molecule has 0 spiro atoms. The van der Waals surface area contributed by atoms with E-state index in [4.69, 9.17) is 4.42 Å². The molecule has 35 heavy (non-hydrogen) atoms. The number of hydrogen-bond acceptors (Lipinski definition) is 5. The molecule has 1 aliphatic heterocycles. The van der Waals surface area contributed by atoms with Gasteiger partial charge in [0.05, 0.1) is 5.69 Å². The largest absolute Gasteiger partial charge is 0.434 e. The third-order valence-electron chi connectivity index (χ3n) is 6.54. The molecule has 1 saturated carbocycles. The van der Waals surface area contributed by atoms with Gasteiger partial charge in [-0.05, 0) is 61.7 Å². The smallest absolute Gasteiger partial charge is 0.353 e. The van der Waals surface area contributed by atoms with Crippen molar-refractivity contribution in [1.82, 2.24) is 19.4 Å². The van der Waals surface area contributed by atoms with Crippen molar-refractivity contribution in [1.29, 1.82) is 0 Å². The van der Waals surface area contributed by atoms with Crippen LogP contribution in [0.25, 0.3) is 28.6 Å². The van der Waals surface area contributed by atoms with Gasteiger partial charge in [-0.3, -0.25) is 4.79 Å². The number of nitrogens with zero attached hydrogens (tertiary/aromatic N) is 4. The Balaban J connectivity index is 1.52. The molecule has 6 rings (SSSR count). The first-order chi connectivity index (χ1) is 16.8. The summed E-state index contributed by atoms with van der Waals surface area (Å²) >= 11 is 0. The maximum absolute atomic E-state index is 14.4. The molecule has 1 amide bonds. The topological polar surface area (TPSA) is 81.2 Å². The Bertz CT molecular complexity index is 1560. The summed E-state index contributed by atoms with van der Waals surface area (Å²) in [6.45, 7) is 1.79. The van der Waals surface area contributed by atoms with E-state index in [0.717, 1.165) is 36.2 Å². The maximum Gasteiger partial charge on any atom is 0.353 e. The Morgan fingerprint density at radius 1 is 1.00 bits per heavy atom. The summed E-state index contributed by atoms with van der Waals surface area (Å²) in [5.74, 6) is -0.989. The Morgan fingerprint density at radius 3 is 2.43 bits per heavy atom. The lowest BCUT2D eigenvalue weighted by Crippen LogP contribution is -2.22. The van der Waals surface area contributed by atoms with Crippen LogP contribution in [0, 0.1) is 18.6 Å². The van der Waals surface area contributed by atoms with E-state index in [1.807, 2.05) is 0 Å². The molecule has 7 nitrogen and oxygen atoms in total. The second-order valence-electron chi connectivity index (χ2n) is 9.05. The monoisotopic (exact) mass is 474 g/mol. The molecule has 9 heteroatoms. The van der Waals surface area contributed by atoms with Crippen LogP contribution in [0.15, 0.2) is 51.8 Å². The number of fused-ring (bicyclic) bond motifs is 1. The highest BCUT2D eigenvalue weighted by Gasteiger charge is 2.28. The van der Waals surface area contributed by atoms with Crippen LogP contribution in [0.5, 0.6) is 0 Å². The van der Waals surface area contributed by atoms with Gasteiger partial charge in [-0.1, -0.05) is 0 Å². The van der Waals surface area contributed by atoms with Crippen molar-refractivity contribution in [3.8, 4) is 28.6 Å². The fraction of sp³-hybridized carbons (Fsp3) is 0.231. The third kappa shape index (κ3) is 3.54. The van der Waals surface area contributed by atoms with Crippen molar-refractivity contribution in [2.24, 2.45) is 0 Å². The van der Waals surface area contributed by atoms with E-state index >= 15 is 0 Å². The fourth-order valence-electron chi connectivity index (χ4n) is 4.35. The molecule has 2 aliphatic rings. The summed E-state index contributed by atoms with van der Waals surface area (Å²) in [5, 5.41) is 0. The van der Waals surface area contributed by atoms with Crippen LogP contribution in [0.4, 0.5) is 8.78 Å². The van der Waals surface area contributed by atoms with Crippen molar-refractivity contribution >= 4 is 5.91 Å². The van der Waals surface area contributed by atoms with Gasteiger partial charge in [0.2, 0.25) is 5.89 Å². The standard InChI is InChI=1S/C26H20F2N4O3/c1-13-19(27)10-16(11-20(13)28)22-23(32-8-7-21(14-3-4-14)29-26(32)34)30-24(35-22)15-5-6-18-17(9-15)12-31(2)25(18)33/h5-11,14H,3-4,12H2,1-2H3. The van der Waals surface area contributed by atoms with Crippen LogP contribution in [-0.4, -0.2) is 32.4 Å². The molecule has 4 aromatic rings. The molecule has 0 bridgehead atoms. The lowest BCUT2D eigenvalue weighted by Gasteiger charge is -2.06. The molecule has 0 N–H and O–H groups in total. The Kier molecular flexibility index (Phi) is 4.70. The molecular weight excluding hydrogens is 454 g/mol. The van der Waals surface area contributed by atoms with Crippen molar-refractivity contribution in [2.75, 3.05) is 7.05 Å². The first-order valence-electron chi connectivity index (χ1n) is 11.3. The lowest BCUT2D eigenvalue weighted by atomic mass is 10.1. The van der Waals surface area contributed by atoms with Gasteiger partial charge < -0.3 is 9.32 Å². The van der Waals surface area contributed by atoms with Crippen molar-refractivity contribution in [3.63, 3.8) is 0 Å². The average Bonchev–Trinajstić information content (AvgIpc) is 3.53. The van der Waals surface area contributed by atoms with Gasteiger partial charge in [0.15, 0.2) is 11.6 Å². The number of carbonyl (C=O) groups excluding carboxylic acids is 1. The zero-order valence-electron chi connectivity index (χ0n) is 19.0. The van der Waals surface area contributed by atoms with E-state index < -0.39 is 17.3 Å². The first-order valence-corrected chi connectivity index (χ1v) is 11.3. The summed E-state index contributed by atoms with van der Waals surface area (Å²) in [4.78, 5) is 35.5.